The summed E-state index contributed by atoms with van der Waals surface area (Å²) in [6.45, 7) is 24.8. The molecule has 12 aromatic rings. The average molecular weight is 1570 g/mol. The molecule has 5 saturated heterocycles. The molecule has 0 aliphatic carbocycles. The van der Waals surface area contributed by atoms with Crippen molar-refractivity contribution in [3.8, 4) is 33.8 Å². The zero-order chi connectivity index (χ0) is 79.7. The van der Waals surface area contributed by atoms with Gasteiger partial charge in [0.05, 0.1) is 51.8 Å². The number of ketones is 3. The van der Waals surface area contributed by atoms with Gasteiger partial charge in [-0.15, -0.1) is 0 Å². The van der Waals surface area contributed by atoms with E-state index in [1.54, 1.807) is 17.1 Å². The van der Waals surface area contributed by atoms with E-state index in [-0.39, 0.29) is 35.1 Å². The monoisotopic (exact) mass is 1560 g/mol. The topological polar surface area (TPSA) is 281 Å². The molecule has 0 bridgehead atoms. The van der Waals surface area contributed by atoms with Crippen LogP contribution in [0.5, 0.6) is 0 Å². The average Bonchev–Trinajstić information content (AvgIpc) is 1.66. The summed E-state index contributed by atoms with van der Waals surface area (Å²) in [6, 6.07) is 48.3. The molecule has 0 radical (unpaired) electrons. The Balaban J connectivity index is 0.000000133. The van der Waals surface area contributed by atoms with E-state index in [1.807, 2.05) is 120 Å². The van der Waals surface area contributed by atoms with Gasteiger partial charge in [-0.2, -0.15) is 30.2 Å². The van der Waals surface area contributed by atoms with Crippen molar-refractivity contribution in [2.75, 3.05) is 144 Å². The Kier molecular flexibility index (Phi) is 26.2. The highest BCUT2D eigenvalue weighted by atomic mass is 35.5. The molecule has 17 rings (SSSR count). The fraction of sp³-hybridized carbons (Fsp3) is 0.318. The molecule has 2 unspecified atom stereocenters. The van der Waals surface area contributed by atoms with Crippen molar-refractivity contribution in [3.63, 3.8) is 0 Å². The van der Waals surface area contributed by atoms with Crippen LogP contribution in [0.25, 0.3) is 66.9 Å². The first-order chi connectivity index (χ1) is 56.1. The molecule has 592 valence electrons. The number of rotatable bonds is 21. The largest absolute Gasteiger partial charge is 0.399 e. The number of aromatic amines is 1. The third-order valence-corrected chi connectivity index (χ3v) is 21.3. The molecule has 11 heterocycles. The summed E-state index contributed by atoms with van der Waals surface area (Å²) in [7, 11) is 6.48. The maximum Gasteiger partial charge on any atom is 0.229 e. The number of aromatic nitrogens is 12. The van der Waals surface area contributed by atoms with Crippen molar-refractivity contribution < 1.29 is 23.9 Å². The summed E-state index contributed by atoms with van der Waals surface area (Å²) in [5.41, 5.74) is 21.7. The quantitative estimate of drug-likeness (QED) is 0.0295. The van der Waals surface area contributed by atoms with Crippen LogP contribution in [0.4, 0.5) is 46.0 Å². The molecule has 6 aromatic heterocycles. The predicted molar refractivity (Wildman–Crippen MR) is 457 cm³/mol. The molecule has 5 aliphatic rings. The van der Waals surface area contributed by atoms with Crippen LogP contribution >= 0.6 is 11.6 Å². The summed E-state index contributed by atoms with van der Waals surface area (Å²) in [5, 5.41) is 25.8. The molecule has 5 aliphatic heterocycles. The number of nitrogens with zero attached hydrogens (tertiary/aromatic N) is 17. The number of allylic oxidation sites excluding steroid dienone is 3. The number of hydrogen-bond donors (Lipinski definition) is 4. The zero-order valence-corrected chi connectivity index (χ0v) is 66.2. The van der Waals surface area contributed by atoms with Gasteiger partial charge in [0, 0.05) is 162 Å². The van der Waals surface area contributed by atoms with Gasteiger partial charge in [0.2, 0.25) is 17.2 Å². The van der Waals surface area contributed by atoms with Crippen molar-refractivity contribution in [2.45, 2.75) is 70.2 Å². The SMILES string of the molecule is C=CC(=O)Cc1cccc(-c2nc(Cl)nc3c2cnn3C2CCCCO2)c1.C=CC(=O)Cc1cccc(-c2nc(Nc3cccc(N4CCN(C)CC4)c3)nc3[nH]ncc23)c1.C=CC(=O)Cc1cccc(-c2nc(Nc3cccc(N4CCN(C)CC4)c3)nc3c2cnn3C2CCCCO2)c1.CN1CCN(c2cccc(N)c2)CC1. The Morgan fingerprint density at radius 2 is 0.870 bits per heavy atom. The molecule has 5 fully saturated rings. The molecule has 0 spiro atoms. The number of hydrogen-bond acceptors (Lipinski definition) is 23. The van der Waals surface area contributed by atoms with Crippen LogP contribution in [0.15, 0.2) is 202 Å². The maximum absolute atomic E-state index is 12.0. The van der Waals surface area contributed by atoms with Crippen LogP contribution in [0.3, 0.4) is 0 Å². The Labute approximate surface area is 674 Å². The van der Waals surface area contributed by atoms with E-state index in [4.69, 9.17) is 46.9 Å². The summed E-state index contributed by atoms with van der Waals surface area (Å²) in [4.78, 5) is 78.0. The third kappa shape index (κ3) is 20.4. The Hall–Kier alpha value is -11.9. The van der Waals surface area contributed by atoms with Crippen LogP contribution in [-0.4, -0.2) is 205 Å². The highest BCUT2D eigenvalue weighted by Crippen LogP contribution is 2.37. The second-order valence-electron chi connectivity index (χ2n) is 29.5. The standard InChI is InChI=1S/C31H35N7O2.C26H27N7O.C20H19ClN4O2.C11H17N3/c1-3-26(39)19-22-8-6-9-23(18-22)29-27-21-32-38(28-12-4-5-17-40-28)30(27)35-31(34-29)33-24-10-7-11-25(20-24)37-15-13-36(2)14-16-37;1-3-22(34)15-18-6-4-7-19(14-18)24-23-17-27-31-25(23)30-26(29-24)28-20-8-5-9-21(16-20)33-12-10-32(2)11-13-33;1-2-15(26)11-13-6-5-7-14(10-13)18-16-12-22-25(17-8-3-4-9-27-17)19(16)24-20(21)23-18;1-13-5-7-14(8-6-13)11-4-2-3-10(12)9-11/h3,6-11,18,20-21,28H,1,4-5,12-17,19H2,2H3,(H,33,34,35);3-9,14,16-17H,1,10-13,15H2,2H3,(H2,27,28,29,30,31);2,5-7,10,12,17H,1,3-4,8-9,11H2;2-4,9H,5-8,12H2,1H3. The van der Waals surface area contributed by atoms with E-state index in [9.17, 15) is 14.4 Å². The Morgan fingerprint density at radius 1 is 0.470 bits per heavy atom. The van der Waals surface area contributed by atoms with Gasteiger partial charge in [-0.25, -0.2) is 24.3 Å². The number of anilines is 8. The van der Waals surface area contributed by atoms with Gasteiger partial charge in [-0.1, -0.05) is 92.5 Å². The van der Waals surface area contributed by atoms with Crippen LogP contribution in [0.2, 0.25) is 5.28 Å². The van der Waals surface area contributed by atoms with Crippen molar-refractivity contribution >= 4 is 108 Å². The minimum Gasteiger partial charge on any atom is -0.399 e. The van der Waals surface area contributed by atoms with Crippen molar-refractivity contribution in [2.24, 2.45) is 0 Å². The smallest absolute Gasteiger partial charge is 0.229 e. The number of carbonyl (C=O) groups is 3. The molecular formula is C88H98ClN21O5. The summed E-state index contributed by atoms with van der Waals surface area (Å²) < 4.78 is 15.6. The maximum atomic E-state index is 12.0. The van der Waals surface area contributed by atoms with E-state index in [1.165, 1.54) is 35.3 Å². The summed E-state index contributed by atoms with van der Waals surface area (Å²) in [6.07, 6.45) is 16.1. The molecular weight excluding hydrogens is 1470 g/mol. The normalized spacial score (nSPS) is 16.8. The lowest BCUT2D eigenvalue weighted by atomic mass is 10.0. The number of likely N-dealkylation sites (N-methyl/N-ethyl adjacent to an activating group) is 3. The van der Waals surface area contributed by atoms with Crippen LogP contribution in [0.1, 0.15) is 67.7 Å². The van der Waals surface area contributed by atoms with Crippen LogP contribution in [-0.2, 0) is 43.1 Å². The van der Waals surface area contributed by atoms with Crippen LogP contribution < -0.4 is 31.1 Å². The molecule has 0 amide bonds. The van der Waals surface area contributed by atoms with Gasteiger partial charge in [-0.3, -0.25) is 19.5 Å². The number of ether oxygens (including phenoxy) is 2. The number of H-pyrrole nitrogens is 1. The lowest BCUT2D eigenvalue weighted by Crippen LogP contribution is -2.44. The van der Waals surface area contributed by atoms with E-state index < -0.39 is 0 Å². The number of nitrogens with one attached hydrogen (secondary N) is 3. The number of nitrogen functional groups attached to an aromatic ring is 1. The highest BCUT2D eigenvalue weighted by molar-refractivity contribution is 6.28. The number of piperazine rings is 3. The first-order valence-corrected chi connectivity index (χ1v) is 39.7. The number of nitrogens with two attached hydrogens (primary N) is 1. The lowest BCUT2D eigenvalue weighted by molar-refractivity contribution is -0.114. The molecule has 6 aromatic carbocycles. The first-order valence-electron chi connectivity index (χ1n) is 39.3. The summed E-state index contributed by atoms with van der Waals surface area (Å²) in [5.74, 6) is 0.906. The van der Waals surface area contributed by atoms with Gasteiger partial charge in [0.15, 0.2) is 46.7 Å². The first kappa shape index (κ1) is 79.7. The highest BCUT2D eigenvalue weighted by Gasteiger charge is 2.27. The Morgan fingerprint density at radius 3 is 1.30 bits per heavy atom. The van der Waals surface area contributed by atoms with Crippen molar-refractivity contribution in [1.82, 2.24) is 74.4 Å². The summed E-state index contributed by atoms with van der Waals surface area (Å²) >= 11 is 6.22. The minimum atomic E-state index is -0.154. The van der Waals surface area contributed by atoms with E-state index in [2.05, 4.69) is 148 Å². The van der Waals surface area contributed by atoms with Gasteiger partial charge in [0.25, 0.3) is 0 Å². The second kappa shape index (κ2) is 37.8. The fourth-order valence-electron chi connectivity index (χ4n) is 14.7. The third-order valence-electron chi connectivity index (χ3n) is 21.1. The number of benzene rings is 6. The van der Waals surface area contributed by atoms with Crippen molar-refractivity contribution in [1.29, 1.82) is 0 Å². The molecule has 27 heteroatoms. The Bertz CT molecular complexity index is 5410. The minimum absolute atomic E-state index is 0.0177. The molecule has 2 atom stereocenters. The van der Waals surface area contributed by atoms with Gasteiger partial charge < -0.3 is 55.2 Å². The van der Waals surface area contributed by atoms with E-state index >= 15 is 0 Å². The predicted octanol–water partition coefficient (Wildman–Crippen LogP) is 14.0. The number of carbonyl (C=O) groups excluding carboxylic acids is 3. The van der Waals surface area contributed by atoms with E-state index in [0.29, 0.717) is 54.8 Å². The van der Waals surface area contributed by atoms with Gasteiger partial charge >= 0.3 is 0 Å². The molecule has 115 heavy (non-hydrogen) atoms. The fourth-order valence-corrected chi connectivity index (χ4v) is 14.9. The van der Waals surface area contributed by atoms with Gasteiger partial charge in [-0.05, 0) is 179 Å². The molecule has 0 saturated carbocycles. The van der Waals surface area contributed by atoms with E-state index in [0.717, 1.165) is 207 Å². The number of halogens is 1. The van der Waals surface area contributed by atoms with Gasteiger partial charge in [0.1, 0.15) is 0 Å². The second-order valence-corrected chi connectivity index (χ2v) is 29.9. The van der Waals surface area contributed by atoms with Crippen molar-refractivity contribution in [3.05, 3.63) is 224 Å². The molecule has 5 N–H and O–H groups in total. The lowest BCUT2D eigenvalue weighted by Gasteiger charge is -2.34. The zero-order valence-electron chi connectivity index (χ0n) is 65.5. The number of fused-ring (bicyclic) bond motifs is 3. The van der Waals surface area contributed by atoms with Crippen LogP contribution in [0, 0.1) is 0 Å². The molecule has 26 nitrogen and oxygen atoms in total.